The maximum absolute atomic E-state index is 9.13. The second kappa shape index (κ2) is 5.61. The van der Waals surface area contributed by atoms with E-state index in [1.54, 1.807) is 23.6 Å². The van der Waals surface area contributed by atoms with Gasteiger partial charge in [0.25, 0.3) is 0 Å². The highest BCUT2D eigenvalue weighted by Crippen LogP contribution is 2.22. The highest BCUT2D eigenvalue weighted by atomic mass is 32.1. The molecule has 0 aliphatic heterocycles. The van der Waals surface area contributed by atoms with E-state index in [1.165, 1.54) is 4.88 Å². The summed E-state index contributed by atoms with van der Waals surface area (Å²) in [5.74, 6) is 0.656. The number of nitrogens with zero attached hydrogens (tertiary/aromatic N) is 4. The standard InChI is InChI=1S/C13H14N4S/c1-10(2)17(9-12-4-3-7-18-12)13-11(8-14)5-6-15-16-13/h3-7,10H,9H2,1-2H3. The van der Waals surface area contributed by atoms with Crippen molar-refractivity contribution < 1.29 is 0 Å². The predicted octanol–water partition coefficient (Wildman–Crippen LogP) is 2.82. The predicted molar refractivity (Wildman–Crippen MR) is 72.4 cm³/mol. The summed E-state index contributed by atoms with van der Waals surface area (Å²) in [5, 5.41) is 19.2. The van der Waals surface area contributed by atoms with Gasteiger partial charge in [0.05, 0.1) is 18.3 Å². The lowest BCUT2D eigenvalue weighted by molar-refractivity contribution is 0.669. The summed E-state index contributed by atoms with van der Waals surface area (Å²) in [6, 6.07) is 8.24. The van der Waals surface area contributed by atoms with Crippen molar-refractivity contribution >= 4 is 17.2 Å². The molecule has 0 fully saturated rings. The minimum Gasteiger partial charge on any atom is -0.346 e. The van der Waals surface area contributed by atoms with Gasteiger partial charge < -0.3 is 4.90 Å². The molecular formula is C13H14N4S. The molecule has 0 saturated heterocycles. The number of hydrogen-bond donors (Lipinski definition) is 0. The molecule has 0 radical (unpaired) electrons. The highest BCUT2D eigenvalue weighted by molar-refractivity contribution is 7.09. The van der Waals surface area contributed by atoms with Crippen LogP contribution in [0.25, 0.3) is 0 Å². The second-order valence-corrected chi connectivity index (χ2v) is 5.21. The van der Waals surface area contributed by atoms with Gasteiger partial charge in [-0.2, -0.15) is 10.4 Å². The molecule has 0 amide bonds. The lowest BCUT2D eigenvalue weighted by atomic mass is 10.2. The molecule has 0 aromatic carbocycles. The number of anilines is 1. The molecule has 0 saturated carbocycles. The van der Waals surface area contributed by atoms with E-state index in [1.807, 2.05) is 6.07 Å². The van der Waals surface area contributed by atoms with Crippen molar-refractivity contribution in [1.82, 2.24) is 10.2 Å². The molecule has 2 heterocycles. The van der Waals surface area contributed by atoms with Gasteiger partial charge in [0.15, 0.2) is 5.82 Å². The molecule has 92 valence electrons. The van der Waals surface area contributed by atoms with E-state index >= 15 is 0 Å². The average molecular weight is 258 g/mol. The summed E-state index contributed by atoms with van der Waals surface area (Å²) in [7, 11) is 0. The van der Waals surface area contributed by atoms with E-state index in [2.05, 4.69) is 46.5 Å². The minimum atomic E-state index is 0.260. The third-order valence-corrected chi connectivity index (χ3v) is 3.48. The van der Waals surface area contributed by atoms with Gasteiger partial charge in [0.2, 0.25) is 0 Å². The average Bonchev–Trinajstić information content (AvgIpc) is 2.88. The monoisotopic (exact) mass is 258 g/mol. The molecule has 0 unspecified atom stereocenters. The van der Waals surface area contributed by atoms with Crippen molar-refractivity contribution in [3.05, 3.63) is 40.2 Å². The van der Waals surface area contributed by atoms with Crippen LogP contribution in [0.2, 0.25) is 0 Å². The number of nitriles is 1. The van der Waals surface area contributed by atoms with E-state index in [9.17, 15) is 0 Å². The Kier molecular flexibility index (Phi) is 3.90. The molecule has 2 aromatic rings. The second-order valence-electron chi connectivity index (χ2n) is 4.18. The van der Waals surface area contributed by atoms with Gasteiger partial charge in [-0.25, -0.2) is 0 Å². The molecule has 0 bridgehead atoms. The van der Waals surface area contributed by atoms with Crippen LogP contribution in [0.4, 0.5) is 5.82 Å². The van der Waals surface area contributed by atoms with Gasteiger partial charge in [-0.15, -0.1) is 16.4 Å². The molecule has 0 atom stereocenters. The maximum atomic E-state index is 9.13. The third kappa shape index (κ3) is 2.66. The number of aromatic nitrogens is 2. The van der Waals surface area contributed by atoms with Crippen molar-refractivity contribution in [2.75, 3.05) is 4.90 Å². The SMILES string of the molecule is CC(C)N(Cc1cccs1)c1nnccc1C#N. The van der Waals surface area contributed by atoms with Gasteiger partial charge >= 0.3 is 0 Å². The molecule has 2 aromatic heterocycles. The molecule has 0 spiro atoms. The van der Waals surface area contributed by atoms with Crippen molar-refractivity contribution in [3.8, 4) is 6.07 Å². The Morgan fingerprint density at radius 3 is 2.89 bits per heavy atom. The van der Waals surface area contributed by atoms with Gasteiger partial charge in [0, 0.05) is 10.9 Å². The van der Waals surface area contributed by atoms with Gasteiger partial charge in [-0.3, -0.25) is 0 Å². The van der Waals surface area contributed by atoms with Crippen LogP contribution >= 0.6 is 11.3 Å². The Labute approximate surface area is 111 Å². The lowest BCUT2D eigenvalue weighted by Crippen LogP contribution is -2.31. The first-order valence-corrected chi connectivity index (χ1v) is 6.61. The van der Waals surface area contributed by atoms with Crippen molar-refractivity contribution in [2.45, 2.75) is 26.4 Å². The van der Waals surface area contributed by atoms with Crippen LogP contribution in [0, 0.1) is 11.3 Å². The number of rotatable bonds is 4. The Morgan fingerprint density at radius 1 is 1.44 bits per heavy atom. The van der Waals surface area contributed by atoms with Crippen LogP contribution in [0.5, 0.6) is 0 Å². The van der Waals surface area contributed by atoms with E-state index in [0.29, 0.717) is 11.4 Å². The Hall–Kier alpha value is -1.93. The first-order valence-electron chi connectivity index (χ1n) is 5.73. The van der Waals surface area contributed by atoms with E-state index in [0.717, 1.165) is 6.54 Å². The summed E-state index contributed by atoms with van der Waals surface area (Å²) < 4.78 is 0. The topological polar surface area (TPSA) is 52.8 Å². The summed E-state index contributed by atoms with van der Waals surface area (Å²) in [5.41, 5.74) is 0.565. The maximum Gasteiger partial charge on any atom is 0.169 e. The quantitative estimate of drug-likeness (QED) is 0.846. The number of thiophene rings is 1. The fourth-order valence-electron chi connectivity index (χ4n) is 1.70. The van der Waals surface area contributed by atoms with Crippen LogP contribution < -0.4 is 4.90 Å². The van der Waals surface area contributed by atoms with Gasteiger partial charge in [-0.1, -0.05) is 6.07 Å². The fourth-order valence-corrected chi connectivity index (χ4v) is 2.40. The Morgan fingerprint density at radius 2 is 2.28 bits per heavy atom. The van der Waals surface area contributed by atoms with Crippen LogP contribution in [0.3, 0.4) is 0 Å². The van der Waals surface area contributed by atoms with Gasteiger partial charge in [-0.05, 0) is 31.4 Å². The highest BCUT2D eigenvalue weighted by Gasteiger charge is 2.17. The Bertz CT molecular complexity index is 542. The van der Waals surface area contributed by atoms with E-state index in [-0.39, 0.29) is 6.04 Å². The molecule has 18 heavy (non-hydrogen) atoms. The van der Waals surface area contributed by atoms with E-state index in [4.69, 9.17) is 5.26 Å². The van der Waals surface area contributed by atoms with Crippen molar-refractivity contribution in [1.29, 1.82) is 5.26 Å². The van der Waals surface area contributed by atoms with Crippen molar-refractivity contribution in [3.63, 3.8) is 0 Å². The Balaban J connectivity index is 2.33. The van der Waals surface area contributed by atoms with Crippen molar-refractivity contribution in [2.24, 2.45) is 0 Å². The minimum absolute atomic E-state index is 0.260. The van der Waals surface area contributed by atoms with E-state index < -0.39 is 0 Å². The normalized spacial score (nSPS) is 10.3. The molecule has 0 N–H and O–H groups in total. The fraction of sp³-hybridized carbons (Fsp3) is 0.308. The number of hydrogen-bond acceptors (Lipinski definition) is 5. The van der Waals surface area contributed by atoms with Gasteiger partial charge in [0.1, 0.15) is 6.07 Å². The van der Waals surface area contributed by atoms with Crippen LogP contribution in [-0.4, -0.2) is 16.2 Å². The largest absolute Gasteiger partial charge is 0.346 e. The zero-order valence-electron chi connectivity index (χ0n) is 10.4. The molecule has 0 aliphatic rings. The molecule has 4 nitrogen and oxygen atoms in total. The zero-order valence-corrected chi connectivity index (χ0v) is 11.2. The molecule has 0 aliphatic carbocycles. The molecule has 2 rings (SSSR count). The summed E-state index contributed by atoms with van der Waals surface area (Å²) in [4.78, 5) is 3.34. The lowest BCUT2D eigenvalue weighted by Gasteiger charge is -2.27. The smallest absolute Gasteiger partial charge is 0.169 e. The van der Waals surface area contributed by atoms with Crippen LogP contribution in [-0.2, 0) is 6.54 Å². The summed E-state index contributed by atoms with van der Waals surface area (Å²) in [6.45, 7) is 4.93. The summed E-state index contributed by atoms with van der Waals surface area (Å²) >= 11 is 1.70. The van der Waals surface area contributed by atoms with Crippen LogP contribution in [0.1, 0.15) is 24.3 Å². The third-order valence-electron chi connectivity index (χ3n) is 2.62. The first kappa shape index (κ1) is 12.5. The molecule has 5 heteroatoms. The first-order chi connectivity index (χ1) is 8.72. The zero-order chi connectivity index (χ0) is 13.0. The summed E-state index contributed by atoms with van der Waals surface area (Å²) in [6.07, 6.45) is 1.55. The van der Waals surface area contributed by atoms with Crippen LogP contribution in [0.15, 0.2) is 29.8 Å². The molecular weight excluding hydrogens is 244 g/mol.